The summed E-state index contributed by atoms with van der Waals surface area (Å²) in [5.74, 6) is 0.386. The Morgan fingerprint density at radius 3 is 2.55 bits per heavy atom. The lowest BCUT2D eigenvalue weighted by Gasteiger charge is -2.14. The molecule has 22 heavy (non-hydrogen) atoms. The fraction of sp³-hybridized carbons (Fsp3) is 0.278. The molecule has 0 radical (unpaired) electrons. The minimum absolute atomic E-state index is 0.0284. The molecular weight excluding hydrogens is 298 g/mol. The molecule has 0 spiro atoms. The van der Waals surface area contributed by atoms with Crippen molar-refractivity contribution in [1.29, 1.82) is 0 Å². The van der Waals surface area contributed by atoms with Gasteiger partial charge in [-0.1, -0.05) is 54.1 Å². The van der Waals surface area contributed by atoms with Crippen LogP contribution in [0.3, 0.4) is 0 Å². The number of rotatable bonds is 7. The zero-order chi connectivity index (χ0) is 15.8. The van der Waals surface area contributed by atoms with Gasteiger partial charge in [-0.3, -0.25) is 4.79 Å². The minimum Gasteiger partial charge on any atom is -0.482 e. The van der Waals surface area contributed by atoms with E-state index in [1.165, 1.54) is 5.56 Å². The molecule has 1 N–H and O–H groups in total. The van der Waals surface area contributed by atoms with E-state index in [4.69, 9.17) is 16.3 Å². The molecule has 1 amide bonds. The van der Waals surface area contributed by atoms with Crippen LogP contribution in [0.4, 0.5) is 0 Å². The van der Waals surface area contributed by atoms with Crippen molar-refractivity contribution in [3.63, 3.8) is 0 Å². The second-order valence-electron chi connectivity index (χ2n) is 5.21. The van der Waals surface area contributed by atoms with Crippen LogP contribution in [0.1, 0.15) is 18.9 Å². The van der Waals surface area contributed by atoms with Crippen molar-refractivity contribution in [2.45, 2.75) is 25.8 Å². The van der Waals surface area contributed by atoms with Crippen molar-refractivity contribution in [3.05, 3.63) is 65.2 Å². The van der Waals surface area contributed by atoms with Gasteiger partial charge in [-0.2, -0.15) is 0 Å². The number of benzene rings is 2. The van der Waals surface area contributed by atoms with Crippen LogP contribution in [-0.2, 0) is 11.2 Å². The van der Waals surface area contributed by atoms with Crippen molar-refractivity contribution >= 4 is 17.5 Å². The maximum atomic E-state index is 11.9. The number of carbonyl (C=O) groups is 1. The van der Waals surface area contributed by atoms with Crippen LogP contribution < -0.4 is 10.1 Å². The molecule has 0 aliphatic carbocycles. The summed E-state index contributed by atoms with van der Waals surface area (Å²) in [4.78, 5) is 11.9. The van der Waals surface area contributed by atoms with E-state index in [1.807, 2.05) is 37.3 Å². The van der Waals surface area contributed by atoms with Crippen molar-refractivity contribution < 1.29 is 9.53 Å². The van der Waals surface area contributed by atoms with E-state index in [-0.39, 0.29) is 18.6 Å². The molecule has 2 rings (SSSR count). The number of aryl methyl sites for hydroxylation is 1. The molecule has 4 heteroatoms. The maximum absolute atomic E-state index is 11.9. The molecule has 2 aromatic carbocycles. The second-order valence-corrected chi connectivity index (χ2v) is 5.62. The molecule has 0 fully saturated rings. The van der Waals surface area contributed by atoms with Gasteiger partial charge in [0.1, 0.15) is 5.75 Å². The largest absolute Gasteiger partial charge is 0.482 e. The molecule has 0 bridgehead atoms. The highest BCUT2D eigenvalue weighted by Gasteiger charge is 2.09. The highest BCUT2D eigenvalue weighted by molar-refractivity contribution is 6.32. The molecule has 1 atom stereocenters. The van der Waals surface area contributed by atoms with Gasteiger partial charge in [-0.25, -0.2) is 0 Å². The van der Waals surface area contributed by atoms with Crippen LogP contribution in [0.25, 0.3) is 0 Å². The van der Waals surface area contributed by atoms with Crippen molar-refractivity contribution in [1.82, 2.24) is 5.32 Å². The molecule has 0 saturated heterocycles. The number of hydrogen-bond acceptors (Lipinski definition) is 2. The third kappa shape index (κ3) is 5.41. The Morgan fingerprint density at radius 1 is 1.14 bits per heavy atom. The number of para-hydroxylation sites is 1. The van der Waals surface area contributed by atoms with Gasteiger partial charge in [0.05, 0.1) is 5.02 Å². The Labute approximate surface area is 136 Å². The van der Waals surface area contributed by atoms with Crippen molar-refractivity contribution in [2.75, 3.05) is 6.61 Å². The van der Waals surface area contributed by atoms with Gasteiger partial charge in [-0.05, 0) is 37.5 Å². The average Bonchev–Trinajstić information content (AvgIpc) is 2.53. The van der Waals surface area contributed by atoms with Crippen molar-refractivity contribution in [2.24, 2.45) is 0 Å². The molecule has 0 heterocycles. The fourth-order valence-corrected chi connectivity index (χ4v) is 2.31. The van der Waals surface area contributed by atoms with Crippen molar-refractivity contribution in [3.8, 4) is 5.75 Å². The minimum atomic E-state index is -0.138. The first-order chi connectivity index (χ1) is 10.6. The summed E-state index contributed by atoms with van der Waals surface area (Å²) in [6, 6.07) is 17.5. The molecule has 2 aromatic rings. The zero-order valence-electron chi connectivity index (χ0n) is 12.6. The van der Waals surface area contributed by atoms with Crippen LogP contribution in [0.5, 0.6) is 5.75 Å². The molecule has 3 nitrogen and oxygen atoms in total. The Kier molecular flexibility index (Phi) is 6.28. The number of halogens is 1. The van der Waals surface area contributed by atoms with E-state index in [0.717, 1.165) is 12.8 Å². The van der Waals surface area contributed by atoms with E-state index in [1.54, 1.807) is 12.1 Å². The van der Waals surface area contributed by atoms with Crippen LogP contribution in [0, 0.1) is 0 Å². The lowest BCUT2D eigenvalue weighted by molar-refractivity contribution is -0.123. The lowest BCUT2D eigenvalue weighted by atomic mass is 10.1. The molecule has 0 aliphatic heterocycles. The van der Waals surface area contributed by atoms with Crippen LogP contribution in [-0.4, -0.2) is 18.6 Å². The first kappa shape index (κ1) is 16.4. The van der Waals surface area contributed by atoms with Gasteiger partial charge in [0.15, 0.2) is 6.61 Å². The summed E-state index contributed by atoms with van der Waals surface area (Å²) >= 11 is 5.97. The molecule has 0 aliphatic rings. The smallest absolute Gasteiger partial charge is 0.258 e. The predicted molar refractivity (Wildman–Crippen MR) is 89.3 cm³/mol. The summed E-state index contributed by atoms with van der Waals surface area (Å²) in [6.45, 7) is 1.97. The van der Waals surface area contributed by atoms with Gasteiger partial charge in [0.2, 0.25) is 0 Å². The van der Waals surface area contributed by atoms with Gasteiger partial charge in [-0.15, -0.1) is 0 Å². The topological polar surface area (TPSA) is 38.3 Å². The Bertz CT molecular complexity index is 601. The second kappa shape index (κ2) is 8.44. The molecular formula is C18H20ClNO2. The summed E-state index contributed by atoms with van der Waals surface area (Å²) < 4.78 is 5.42. The SMILES string of the molecule is CC(CCc1ccccc1)NC(=O)COc1ccccc1Cl. The monoisotopic (exact) mass is 317 g/mol. The van der Waals surface area contributed by atoms with Crippen LogP contribution >= 0.6 is 11.6 Å². The number of amides is 1. The number of nitrogens with one attached hydrogen (secondary N) is 1. The first-order valence-corrected chi connectivity index (χ1v) is 7.73. The Hall–Kier alpha value is -2.00. The van der Waals surface area contributed by atoms with E-state index in [9.17, 15) is 4.79 Å². The molecule has 0 saturated carbocycles. The average molecular weight is 318 g/mol. The summed E-state index contributed by atoms with van der Waals surface area (Å²) in [5.41, 5.74) is 1.27. The number of hydrogen-bond donors (Lipinski definition) is 1. The van der Waals surface area contributed by atoms with E-state index >= 15 is 0 Å². The normalized spacial score (nSPS) is 11.7. The molecule has 0 aromatic heterocycles. The lowest BCUT2D eigenvalue weighted by Crippen LogP contribution is -2.36. The summed E-state index contributed by atoms with van der Waals surface area (Å²) in [6.07, 6.45) is 1.83. The van der Waals surface area contributed by atoms with Gasteiger partial charge in [0.25, 0.3) is 5.91 Å². The standard InChI is InChI=1S/C18H20ClNO2/c1-14(11-12-15-7-3-2-4-8-15)20-18(21)13-22-17-10-6-5-9-16(17)19/h2-10,14H,11-13H2,1H3,(H,20,21). The summed E-state index contributed by atoms with van der Waals surface area (Å²) in [7, 11) is 0. The van der Waals surface area contributed by atoms with Gasteiger partial charge < -0.3 is 10.1 Å². The molecule has 116 valence electrons. The Balaban J connectivity index is 1.71. The van der Waals surface area contributed by atoms with Gasteiger partial charge in [0, 0.05) is 6.04 Å². The first-order valence-electron chi connectivity index (χ1n) is 7.36. The third-order valence-corrected chi connectivity index (χ3v) is 3.62. The number of ether oxygens (including phenoxy) is 1. The van der Waals surface area contributed by atoms with E-state index < -0.39 is 0 Å². The summed E-state index contributed by atoms with van der Waals surface area (Å²) in [5, 5.41) is 3.44. The zero-order valence-corrected chi connectivity index (χ0v) is 13.3. The van der Waals surface area contributed by atoms with E-state index in [2.05, 4.69) is 17.4 Å². The molecule has 1 unspecified atom stereocenters. The third-order valence-electron chi connectivity index (χ3n) is 3.31. The predicted octanol–water partition coefficient (Wildman–Crippen LogP) is 3.86. The van der Waals surface area contributed by atoms with Gasteiger partial charge >= 0.3 is 0 Å². The highest BCUT2D eigenvalue weighted by Crippen LogP contribution is 2.22. The Morgan fingerprint density at radius 2 is 1.82 bits per heavy atom. The van der Waals surface area contributed by atoms with Crippen LogP contribution in [0.15, 0.2) is 54.6 Å². The van der Waals surface area contributed by atoms with E-state index in [0.29, 0.717) is 10.8 Å². The quantitative estimate of drug-likeness (QED) is 0.842. The van der Waals surface area contributed by atoms with Crippen LogP contribution in [0.2, 0.25) is 5.02 Å². The maximum Gasteiger partial charge on any atom is 0.258 e. The number of carbonyl (C=O) groups excluding carboxylic acids is 1. The fourth-order valence-electron chi connectivity index (χ4n) is 2.12. The highest BCUT2D eigenvalue weighted by atomic mass is 35.5.